The molecular formula is C22H35N. The topological polar surface area (TPSA) is 3.01 Å². The van der Waals surface area contributed by atoms with Crippen LogP contribution in [0.4, 0.5) is 0 Å². The van der Waals surface area contributed by atoms with Crippen LogP contribution in [0.1, 0.15) is 96.3 Å². The fourth-order valence-electron chi connectivity index (χ4n) is 8.29. The predicted octanol–water partition coefficient (Wildman–Crippen LogP) is 5.53. The Bertz CT molecular complexity index is 490. The third-order valence-corrected chi connectivity index (χ3v) is 9.69. The highest BCUT2D eigenvalue weighted by atomic mass is 15.4. The normalized spacial score (nSPS) is 49.8. The third-order valence-electron chi connectivity index (χ3n) is 9.69. The summed E-state index contributed by atoms with van der Waals surface area (Å²) in [7, 11) is 0. The van der Waals surface area contributed by atoms with E-state index in [9.17, 15) is 0 Å². The van der Waals surface area contributed by atoms with E-state index < -0.39 is 0 Å². The maximum atomic E-state index is 2.97. The first-order valence-corrected chi connectivity index (χ1v) is 11.0. The average molecular weight is 314 g/mol. The maximum Gasteiger partial charge on any atom is 0.0340 e. The molecule has 3 spiro atoms. The van der Waals surface area contributed by atoms with Gasteiger partial charge in [0.1, 0.15) is 0 Å². The number of nitrogens with zero attached hydrogens (tertiary/aromatic N) is 1. The van der Waals surface area contributed by atoms with Crippen LogP contribution in [0, 0.1) is 22.7 Å². The average Bonchev–Trinajstić information content (AvgIpc) is 3.24. The Hall–Kier alpha value is -0.0400. The van der Waals surface area contributed by atoms with Gasteiger partial charge in [0.25, 0.3) is 0 Å². The van der Waals surface area contributed by atoms with E-state index in [1.54, 1.807) is 64.2 Å². The Labute approximate surface area is 142 Å². The van der Waals surface area contributed by atoms with Crippen LogP contribution >= 0.6 is 0 Å². The smallest absolute Gasteiger partial charge is 0.0340 e. The van der Waals surface area contributed by atoms with Gasteiger partial charge >= 0.3 is 0 Å². The molecule has 0 amide bonds. The van der Waals surface area contributed by atoms with Crippen LogP contribution in [0.2, 0.25) is 0 Å². The standard InChI is InChI=1S/C22H35N/c1-2-7-20(8-3-1)12-17(13-20)19-15-21(19)11-6-18(14-21)23-16-22(23)9-4-5-10-22/h17-19H,1-16H2. The molecule has 0 aromatic heterocycles. The monoisotopic (exact) mass is 313 g/mol. The number of hydrogen-bond donors (Lipinski definition) is 0. The number of hydrogen-bond acceptors (Lipinski definition) is 1. The lowest BCUT2D eigenvalue weighted by Gasteiger charge is -2.51. The maximum absolute atomic E-state index is 2.97. The summed E-state index contributed by atoms with van der Waals surface area (Å²) >= 11 is 0. The summed E-state index contributed by atoms with van der Waals surface area (Å²) in [6.45, 7) is 1.48. The second kappa shape index (κ2) is 4.57. The molecule has 0 radical (unpaired) electrons. The molecule has 1 aliphatic heterocycles. The molecule has 23 heavy (non-hydrogen) atoms. The van der Waals surface area contributed by atoms with Gasteiger partial charge in [0.15, 0.2) is 0 Å². The van der Waals surface area contributed by atoms with Gasteiger partial charge in [-0.3, -0.25) is 4.90 Å². The Kier molecular flexibility index (Phi) is 2.81. The van der Waals surface area contributed by atoms with E-state index in [0.717, 1.165) is 28.3 Å². The molecule has 1 saturated heterocycles. The van der Waals surface area contributed by atoms with Crippen LogP contribution in [-0.2, 0) is 0 Å². The van der Waals surface area contributed by atoms with E-state index in [0.29, 0.717) is 0 Å². The lowest BCUT2D eigenvalue weighted by atomic mass is 9.54. The molecule has 1 heteroatoms. The zero-order valence-electron chi connectivity index (χ0n) is 15.0. The summed E-state index contributed by atoms with van der Waals surface area (Å²) in [5.41, 5.74) is 2.45. The predicted molar refractivity (Wildman–Crippen MR) is 94.3 cm³/mol. The molecule has 0 aromatic rings. The highest BCUT2D eigenvalue weighted by Crippen LogP contribution is 2.73. The van der Waals surface area contributed by atoms with E-state index in [4.69, 9.17) is 0 Å². The Morgan fingerprint density at radius 2 is 1.43 bits per heavy atom. The van der Waals surface area contributed by atoms with E-state index >= 15 is 0 Å². The van der Waals surface area contributed by atoms with Crippen molar-refractivity contribution in [3.8, 4) is 0 Å². The SMILES string of the molecule is C1CCC2(CC1)CC(C1CC13CCC(N1CC14CCCC4)C3)C2. The van der Waals surface area contributed by atoms with Crippen LogP contribution in [0.15, 0.2) is 0 Å². The van der Waals surface area contributed by atoms with Gasteiger partial charge in [-0.25, -0.2) is 0 Å². The third kappa shape index (κ3) is 2.01. The van der Waals surface area contributed by atoms with Gasteiger partial charge in [0.05, 0.1) is 0 Å². The van der Waals surface area contributed by atoms with Crippen LogP contribution in [0.3, 0.4) is 0 Å². The van der Waals surface area contributed by atoms with E-state index in [1.165, 1.54) is 44.6 Å². The molecule has 6 aliphatic rings. The van der Waals surface area contributed by atoms with Crippen molar-refractivity contribution < 1.29 is 0 Å². The molecule has 4 atom stereocenters. The van der Waals surface area contributed by atoms with Crippen LogP contribution in [0.5, 0.6) is 0 Å². The fourth-order valence-corrected chi connectivity index (χ4v) is 8.29. The minimum Gasteiger partial charge on any atom is -0.292 e. The molecule has 1 heterocycles. The molecule has 128 valence electrons. The minimum absolute atomic E-state index is 0.739. The zero-order valence-corrected chi connectivity index (χ0v) is 15.0. The number of rotatable bonds is 2. The summed E-state index contributed by atoms with van der Waals surface area (Å²) in [6, 6.07) is 1.00. The first kappa shape index (κ1) is 14.2. The first-order chi connectivity index (χ1) is 11.2. The zero-order chi connectivity index (χ0) is 15.1. The van der Waals surface area contributed by atoms with Crippen molar-refractivity contribution in [2.24, 2.45) is 22.7 Å². The van der Waals surface area contributed by atoms with Crippen molar-refractivity contribution in [1.29, 1.82) is 0 Å². The van der Waals surface area contributed by atoms with Gasteiger partial charge in [-0.1, -0.05) is 32.1 Å². The molecule has 4 unspecified atom stereocenters. The van der Waals surface area contributed by atoms with Gasteiger partial charge in [0.2, 0.25) is 0 Å². The Morgan fingerprint density at radius 3 is 2.22 bits per heavy atom. The fraction of sp³-hybridized carbons (Fsp3) is 1.00. The summed E-state index contributed by atoms with van der Waals surface area (Å²) < 4.78 is 0. The lowest BCUT2D eigenvalue weighted by molar-refractivity contribution is -0.00346. The van der Waals surface area contributed by atoms with E-state index in [-0.39, 0.29) is 0 Å². The molecule has 1 nitrogen and oxygen atoms in total. The summed E-state index contributed by atoms with van der Waals surface area (Å²) in [5.74, 6) is 2.32. The highest BCUT2D eigenvalue weighted by molar-refractivity contribution is 5.19. The second-order valence-corrected chi connectivity index (χ2v) is 10.9. The van der Waals surface area contributed by atoms with Gasteiger partial charge in [-0.2, -0.15) is 0 Å². The molecule has 0 aromatic carbocycles. The molecule has 5 aliphatic carbocycles. The van der Waals surface area contributed by atoms with Gasteiger partial charge in [0, 0.05) is 18.1 Å². The summed E-state index contributed by atoms with van der Waals surface area (Å²) in [5, 5.41) is 0. The van der Waals surface area contributed by atoms with Gasteiger partial charge < -0.3 is 0 Å². The molecule has 6 fully saturated rings. The van der Waals surface area contributed by atoms with Gasteiger partial charge in [-0.05, 0) is 86.9 Å². The van der Waals surface area contributed by atoms with Crippen molar-refractivity contribution in [2.75, 3.05) is 6.54 Å². The van der Waals surface area contributed by atoms with Gasteiger partial charge in [-0.15, -0.1) is 0 Å². The van der Waals surface area contributed by atoms with Crippen molar-refractivity contribution >= 4 is 0 Å². The summed E-state index contributed by atoms with van der Waals surface area (Å²) in [4.78, 5) is 2.97. The van der Waals surface area contributed by atoms with Crippen LogP contribution in [0.25, 0.3) is 0 Å². The lowest BCUT2D eigenvalue weighted by Crippen LogP contribution is -2.40. The largest absolute Gasteiger partial charge is 0.292 e. The summed E-state index contributed by atoms with van der Waals surface area (Å²) in [6.07, 6.45) is 23.5. The van der Waals surface area contributed by atoms with Crippen LogP contribution in [-0.4, -0.2) is 23.0 Å². The van der Waals surface area contributed by atoms with Crippen LogP contribution < -0.4 is 0 Å². The highest BCUT2D eigenvalue weighted by Gasteiger charge is 2.66. The molecular weight excluding hydrogens is 278 g/mol. The van der Waals surface area contributed by atoms with E-state index in [2.05, 4.69) is 4.90 Å². The molecule has 5 saturated carbocycles. The van der Waals surface area contributed by atoms with Crippen molar-refractivity contribution in [3.05, 3.63) is 0 Å². The van der Waals surface area contributed by atoms with E-state index in [1.807, 2.05) is 0 Å². The minimum atomic E-state index is 0.739. The molecule has 6 rings (SSSR count). The van der Waals surface area contributed by atoms with Crippen molar-refractivity contribution in [3.63, 3.8) is 0 Å². The Morgan fingerprint density at radius 1 is 0.696 bits per heavy atom. The quantitative estimate of drug-likeness (QED) is 0.605. The molecule has 0 bridgehead atoms. The Balaban J connectivity index is 1.06. The second-order valence-electron chi connectivity index (χ2n) is 10.9. The molecule has 0 N–H and O–H groups in total. The van der Waals surface area contributed by atoms with Crippen molar-refractivity contribution in [2.45, 2.75) is 108 Å². The van der Waals surface area contributed by atoms with Crippen molar-refractivity contribution in [1.82, 2.24) is 4.90 Å². The first-order valence-electron chi connectivity index (χ1n) is 11.0.